The summed E-state index contributed by atoms with van der Waals surface area (Å²) in [6, 6.07) is 5.92. The van der Waals surface area contributed by atoms with Gasteiger partial charge in [0.25, 0.3) is 11.8 Å². The van der Waals surface area contributed by atoms with E-state index in [4.69, 9.17) is 9.26 Å². The number of hydrogen-bond acceptors (Lipinski definition) is 6. The Kier molecular flexibility index (Phi) is 4.74. The van der Waals surface area contributed by atoms with Crippen molar-refractivity contribution in [1.29, 1.82) is 0 Å². The maximum Gasteiger partial charge on any atom is 0.262 e. The van der Waals surface area contributed by atoms with E-state index in [2.05, 4.69) is 22.3 Å². The summed E-state index contributed by atoms with van der Waals surface area (Å²) in [6.07, 6.45) is 3.40. The highest BCUT2D eigenvalue weighted by Gasteiger charge is 2.37. The van der Waals surface area contributed by atoms with Gasteiger partial charge in [-0.1, -0.05) is 11.6 Å². The van der Waals surface area contributed by atoms with Crippen LogP contribution in [0.4, 0.5) is 4.39 Å². The summed E-state index contributed by atoms with van der Waals surface area (Å²) in [6.45, 7) is 3.96. The van der Waals surface area contributed by atoms with E-state index in [1.807, 2.05) is 0 Å². The molecule has 3 heterocycles. The summed E-state index contributed by atoms with van der Waals surface area (Å²) in [4.78, 5) is 27.4. The van der Waals surface area contributed by atoms with Crippen LogP contribution in [0.2, 0.25) is 0 Å². The van der Waals surface area contributed by atoms with Crippen molar-refractivity contribution in [2.45, 2.75) is 32.2 Å². The van der Waals surface area contributed by atoms with Crippen molar-refractivity contribution in [3.8, 4) is 17.0 Å². The number of imide groups is 1. The van der Waals surface area contributed by atoms with Crippen LogP contribution in [0.1, 0.15) is 58.5 Å². The Morgan fingerprint density at radius 1 is 1.13 bits per heavy atom. The minimum Gasteiger partial charge on any atom is -0.495 e. The number of likely N-dealkylation sites (tertiary alicyclic amines) is 1. The molecule has 1 unspecified atom stereocenters. The number of piperidine rings is 1. The Labute approximate surface area is 178 Å². The first-order valence-corrected chi connectivity index (χ1v) is 10.4. The number of ether oxygens (including phenoxy) is 1. The lowest BCUT2D eigenvalue weighted by molar-refractivity contribution is 0.0879. The standard InChI is InChI=1S/C23H22FN3O4/c1-12(27-8-4-3-5-9-27)15-11-16-19(23(29)25-22(16)28)21(30-2)18(15)20-14-7-6-13(24)10-17(14)31-26-20/h6-7,10-12H,3-5,8-9H2,1-2H3,(H,25,28,29). The monoisotopic (exact) mass is 423 g/mol. The number of aromatic nitrogens is 1. The van der Waals surface area contributed by atoms with Crippen molar-refractivity contribution < 1.29 is 23.2 Å². The van der Waals surface area contributed by atoms with Gasteiger partial charge in [-0.3, -0.25) is 19.8 Å². The molecule has 0 radical (unpaired) electrons. The summed E-state index contributed by atoms with van der Waals surface area (Å²) >= 11 is 0. The SMILES string of the molecule is COc1c2c(cc(C(C)N3CCCCC3)c1-c1noc3cc(F)ccc13)C(=O)NC2=O. The van der Waals surface area contributed by atoms with E-state index in [1.54, 1.807) is 12.1 Å². The second-order valence-corrected chi connectivity index (χ2v) is 8.02. The molecule has 2 aromatic carbocycles. The highest BCUT2D eigenvalue weighted by Crippen LogP contribution is 2.45. The molecular weight excluding hydrogens is 401 g/mol. The van der Waals surface area contributed by atoms with Gasteiger partial charge in [0.05, 0.1) is 29.2 Å². The Hall–Kier alpha value is -3.26. The first-order chi connectivity index (χ1) is 15.0. The lowest BCUT2D eigenvalue weighted by Crippen LogP contribution is -2.32. The number of amides is 2. The average molecular weight is 423 g/mol. The molecule has 0 spiro atoms. The van der Waals surface area contributed by atoms with Gasteiger partial charge in [0, 0.05) is 12.1 Å². The second-order valence-electron chi connectivity index (χ2n) is 8.02. The molecule has 2 aliphatic heterocycles. The molecule has 1 fully saturated rings. The maximum absolute atomic E-state index is 13.7. The van der Waals surface area contributed by atoms with Crippen LogP contribution in [0, 0.1) is 5.82 Å². The predicted molar refractivity (Wildman–Crippen MR) is 112 cm³/mol. The third-order valence-electron chi connectivity index (χ3n) is 6.27. The molecule has 2 amide bonds. The molecule has 1 saturated heterocycles. The van der Waals surface area contributed by atoms with Gasteiger partial charge in [-0.25, -0.2) is 4.39 Å². The van der Waals surface area contributed by atoms with Crippen LogP contribution < -0.4 is 10.1 Å². The number of carbonyl (C=O) groups is 2. The molecule has 160 valence electrons. The largest absolute Gasteiger partial charge is 0.495 e. The summed E-state index contributed by atoms with van der Waals surface area (Å²) in [5, 5.41) is 7.18. The Morgan fingerprint density at radius 2 is 1.90 bits per heavy atom. The van der Waals surface area contributed by atoms with Crippen LogP contribution in [0.15, 0.2) is 28.8 Å². The predicted octanol–water partition coefficient (Wildman–Crippen LogP) is 4.07. The third kappa shape index (κ3) is 3.09. The quantitative estimate of drug-likeness (QED) is 0.637. The molecule has 7 nitrogen and oxygen atoms in total. The van der Waals surface area contributed by atoms with Gasteiger partial charge in [0.15, 0.2) is 5.58 Å². The number of hydrogen-bond donors (Lipinski definition) is 1. The fraction of sp³-hybridized carbons (Fsp3) is 0.348. The fourth-order valence-corrected chi connectivity index (χ4v) is 4.69. The van der Waals surface area contributed by atoms with Gasteiger partial charge in [0.2, 0.25) is 0 Å². The van der Waals surface area contributed by atoms with Crippen molar-refractivity contribution >= 4 is 22.8 Å². The molecule has 0 aliphatic carbocycles. The minimum atomic E-state index is -0.505. The van der Waals surface area contributed by atoms with Crippen molar-refractivity contribution in [3.63, 3.8) is 0 Å². The number of fused-ring (bicyclic) bond motifs is 2. The van der Waals surface area contributed by atoms with Gasteiger partial charge in [-0.05, 0) is 56.6 Å². The van der Waals surface area contributed by atoms with Crippen LogP contribution >= 0.6 is 0 Å². The van der Waals surface area contributed by atoms with E-state index in [0.717, 1.165) is 31.5 Å². The van der Waals surface area contributed by atoms with E-state index < -0.39 is 17.6 Å². The van der Waals surface area contributed by atoms with Crippen LogP contribution in [0.25, 0.3) is 22.2 Å². The van der Waals surface area contributed by atoms with Crippen molar-refractivity contribution in [2.75, 3.05) is 20.2 Å². The smallest absolute Gasteiger partial charge is 0.262 e. The number of nitrogens with one attached hydrogen (secondary N) is 1. The zero-order valence-electron chi connectivity index (χ0n) is 17.3. The van der Waals surface area contributed by atoms with Gasteiger partial charge < -0.3 is 9.26 Å². The van der Waals surface area contributed by atoms with Crippen LogP contribution in [0.3, 0.4) is 0 Å². The maximum atomic E-state index is 13.7. The molecule has 1 N–H and O–H groups in total. The van der Waals surface area contributed by atoms with Crippen molar-refractivity contribution in [2.24, 2.45) is 0 Å². The zero-order chi connectivity index (χ0) is 21.7. The zero-order valence-corrected chi connectivity index (χ0v) is 17.3. The van der Waals surface area contributed by atoms with E-state index in [1.165, 1.54) is 25.7 Å². The molecule has 31 heavy (non-hydrogen) atoms. The van der Waals surface area contributed by atoms with E-state index in [0.29, 0.717) is 27.8 Å². The summed E-state index contributed by atoms with van der Waals surface area (Å²) in [5.74, 6) is -1.10. The first-order valence-electron chi connectivity index (χ1n) is 10.4. The fourth-order valence-electron chi connectivity index (χ4n) is 4.69. The van der Waals surface area contributed by atoms with Crippen LogP contribution in [-0.4, -0.2) is 42.1 Å². The van der Waals surface area contributed by atoms with Gasteiger partial charge >= 0.3 is 0 Å². The minimum absolute atomic E-state index is 0.0507. The van der Waals surface area contributed by atoms with E-state index in [9.17, 15) is 14.0 Å². The molecule has 8 heteroatoms. The average Bonchev–Trinajstić information content (AvgIpc) is 3.32. The lowest BCUT2D eigenvalue weighted by Gasteiger charge is -2.34. The number of nitrogens with zero attached hydrogens (tertiary/aromatic N) is 2. The van der Waals surface area contributed by atoms with Gasteiger partial charge in [-0.15, -0.1) is 0 Å². The topological polar surface area (TPSA) is 84.7 Å². The summed E-state index contributed by atoms with van der Waals surface area (Å²) < 4.78 is 24.8. The Bertz CT molecular complexity index is 1210. The van der Waals surface area contributed by atoms with Crippen LogP contribution in [0.5, 0.6) is 5.75 Å². The highest BCUT2D eigenvalue weighted by atomic mass is 19.1. The number of benzene rings is 2. The molecule has 0 bridgehead atoms. The molecule has 2 aliphatic rings. The number of methoxy groups -OCH3 is 1. The van der Waals surface area contributed by atoms with E-state index in [-0.39, 0.29) is 17.4 Å². The van der Waals surface area contributed by atoms with Crippen LogP contribution in [-0.2, 0) is 0 Å². The molecule has 5 rings (SSSR count). The molecule has 3 aromatic rings. The summed E-state index contributed by atoms with van der Waals surface area (Å²) in [7, 11) is 1.46. The van der Waals surface area contributed by atoms with E-state index >= 15 is 0 Å². The Balaban J connectivity index is 1.79. The molecular formula is C23H22FN3O4. The highest BCUT2D eigenvalue weighted by molar-refractivity contribution is 6.24. The molecule has 1 aromatic heterocycles. The summed E-state index contributed by atoms with van der Waals surface area (Å²) in [5.41, 5.74) is 2.66. The first kappa shape index (κ1) is 19.7. The van der Waals surface area contributed by atoms with Gasteiger partial charge in [-0.2, -0.15) is 0 Å². The Morgan fingerprint density at radius 3 is 2.65 bits per heavy atom. The normalized spacial score (nSPS) is 17.6. The number of rotatable bonds is 4. The van der Waals surface area contributed by atoms with Gasteiger partial charge in [0.1, 0.15) is 17.3 Å². The lowest BCUT2D eigenvalue weighted by atomic mass is 9.89. The number of carbonyl (C=O) groups excluding carboxylic acids is 2. The molecule has 0 saturated carbocycles. The van der Waals surface area contributed by atoms with Crippen molar-refractivity contribution in [1.82, 2.24) is 15.4 Å². The number of halogens is 1. The third-order valence-corrected chi connectivity index (χ3v) is 6.27. The second kappa shape index (κ2) is 7.46. The van der Waals surface area contributed by atoms with Crippen molar-refractivity contribution in [3.05, 3.63) is 46.8 Å². The molecule has 1 atom stereocenters.